The van der Waals surface area contributed by atoms with Crippen LogP contribution in [0.4, 0.5) is 17.3 Å². The van der Waals surface area contributed by atoms with Gasteiger partial charge in [0.2, 0.25) is 6.33 Å². The molecule has 0 N–H and O–H groups in total. The zero-order chi connectivity index (χ0) is 12.1. The fourth-order valence-electron chi connectivity index (χ4n) is 0.844. The molecule has 2 nitrogen and oxygen atoms in total. The molecule has 0 aliphatic heterocycles. The summed E-state index contributed by atoms with van der Waals surface area (Å²) in [5.41, 5.74) is 1.30. The number of nitrogens with zero attached hydrogens (tertiary/aromatic N) is 2. The quantitative estimate of drug-likeness (QED) is 0.393. The van der Waals surface area contributed by atoms with Crippen molar-refractivity contribution in [3.8, 4) is 0 Å². The number of hydrogen-bond donors (Lipinski definition) is 0. The minimum absolute atomic E-state index is 1.30. The second-order valence-corrected chi connectivity index (χ2v) is 3.23. The van der Waals surface area contributed by atoms with Crippen molar-refractivity contribution in [1.29, 1.82) is 0 Å². The average Bonchev–Trinajstić information content (AvgIpc) is 2.29. The van der Waals surface area contributed by atoms with E-state index in [-0.39, 0.29) is 0 Å². The molecule has 0 fully saturated rings. The lowest BCUT2D eigenvalue weighted by Crippen LogP contribution is -2.22. The van der Waals surface area contributed by atoms with E-state index < -0.39 is 7.25 Å². The van der Waals surface area contributed by atoms with Gasteiger partial charge in [0.25, 0.3) is 0 Å². The maximum absolute atomic E-state index is 9.75. The average molecular weight is 224 g/mol. The lowest BCUT2D eigenvalue weighted by Gasteiger charge is -1.94. The number of aryl methyl sites for hydroxylation is 1. The summed E-state index contributed by atoms with van der Waals surface area (Å²) in [6, 6.07) is 0. The Morgan fingerprint density at radius 2 is 1.73 bits per heavy atom. The normalized spacial score (nSPS) is 10.3. The molecule has 0 bridgehead atoms. The number of imidazole rings is 1. The van der Waals surface area contributed by atoms with Crippen molar-refractivity contribution in [3.05, 3.63) is 24.3 Å². The summed E-state index contributed by atoms with van der Waals surface area (Å²) in [6.45, 7) is 4.17. The molecule has 1 aromatic rings. The van der Waals surface area contributed by atoms with Crippen LogP contribution in [-0.4, -0.2) is 11.8 Å². The van der Waals surface area contributed by atoms with E-state index in [0.717, 1.165) is 0 Å². The molecular weight excluding hydrogens is 211 g/mol. The van der Waals surface area contributed by atoms with Crippen LogP contribution in [0.15, 0.2) is 24.3 Å². The molecule has 7 heteroatoms. The Hall–Kier alpha value is -1.27. The van der Waals surface area contributed by atoms with Gasteiger partial charge in [-0.1, -0.05) is 0 Å². The Bertz CT molecular complexity index is 320. The summed E-state index contributed by atoms with van der Waals surface area (Å²) >= 11 is 0. The van der Waals surface area contributed by atoms with E-state index in [1.54, 1.807) is 0 Å². The molecule has 0 saturated heterocycles. The molecule has 1 heterocycles. The number of aromatic nitrogens is 2. The predicted molar refractivity (Wildman–Crippen MR) is 51.4 cm³/mol. The van der Waals surface area contributed by atoms with E-state index in [9.17, 15) is 17.3 Å². The fraction of sp³-hybridized carbons (Fsp3) is 0.375. The van der Waals surface area contributed by atoms with Crippen molar-refractivity contribution >= 4 is 13.5 Å². The third kappa shape index (κ3) is 10.7. The standard InChI is InChI=1S/C8H13N2.BF4/c1-8(2)6-10-5-4-9(3)7-10;2-1(3,4)5/h4-7H,1-3H3;/q+1;-1. The maximum atomic E-state index is 9.75. The lowest BCUT2D eigenvalue weighted by molar-refractivity contribution is -0.568. The van der Waals surface area contributed by atoms with E-state index in [2.05, 4.69) is 20.0 Å². The Morgan fingerprint density at radius 1 is 1.27 bits per heavy atom. The van der Waals surface area contributed by atoms with Crippen LogP contribution in [0, 0.1) is 0 Å². The van der Waals surface area contributed by atoms with Crippen molar-refractivity contribution in [1.82, 2.24) is 4.57 Å². The summed E-state index contributed by atoms with van der Waals surface area (Å²) in [4.78, 5) is 0. The van der Waals surface area contributed by atoms with Crippen LogP contribution < -0.4 is 4.57 Å². The van der Waals surface area contributed by atoms with Crippen molar-refractivity contribution in [2.24, 2.45) is 7.05 Å². The van der Waals surface area contributed by atoms with E-state index in [1.807, 2.05) is 34.9 Å². The van der Waals surface area contributed by atoms with Crippen LogP contribution in [0.25, 0.3) is 6.20 Å². The molecule has 0 amide bonds. The van der Waals surface area contributed by atoms with Gasteiger partial charge >= 0.3 is 7.25 Å². The van der Waals surface area contributed by atoms with Crippen LogP contribution >= 0.6 is 0 Å². The predicted octanol–water partition coefficient (Wildman–Crippen LogP) is 2.49. The summed E-state index contributed by atoms with van der Waals surface area (Å²) in [7, 11) is -3.99. The van der Waals surface area contributed by atoms with Gasteiger partial charge in [-0.3, -0.25) is 0 Å². The van der Waals surface area contributed by atoms with Crippen LogP contribution in [0.1, 0.15) is 13.8 Å². The molecule has 0 atom stereocenters. The molecule has 0 saturated carbocycles. The summed E-state index contributed by atoms with van der Waals surface area (Å²) < 4.78 is 43.1. The fourth-order valence-corrected chi connectivity index (χ4v) is 0.844. The van der Waals surface area contributed by atoms with Crippen LogP contribution in [0.5, 0.6) is 0 Å². The van der Waals surface area contributed by atoms with Gasteiger partial charge in [-0.25, -0.2) is 9.13 Å². The van der Waals surface area contributed by atoms with E-state index in [1.165, 1.54) is 5.57 Å². The SMILES string of the molecule is CC(C)=C[n+]1ccn(C)c1.F[B-](F)(F)F. The highest BCUT2D eigenvalue weighted by Gasteiger charge is 2.20. The molecule has 0 spiro atoms. The van der Waals surface area contributed by atoms with Crippen LogP contribution in [0.3, 0.4) is 0 Å². The number of rotatable bonds is 1. The van der Waals surface area contributed by atoms with Crippen molar-refractivity contribution in [2.75, 3.05) is 0 Å². The third-order valence-corrected chi connectivity index (χ3v) is 1.20. The monoisotopic (exact) mass is 224 g/mol. The third-order valence-electron chi connectivity index (χ3n) is 1.20. The van der Waals surface area contributed by atoms with Gasteiger partial charge in [-0.2, -0.15) is 0 Å². The second-order valence-electron chi connectivity index (χ2n) is 3.23. The maximum Gasteiger partial charge on any atom is 0.673 e. The highest BCUT2D eigenvalue weighted by atomic mass is 19.5. The number of halogens is 4. The molecule has 0 unspecified atom stereocenters. The first-order chi connectivity index (χ1) is 6.68. The zero-order valence-electron chi connectivity index (χ0n) is 8.79. The van der Waals surface area contributed by atoms with E-state index >= 15 is 0 Å². The van der Waals surface area contributed by atoms with Gasteiger partial charge in [-0.15, -0.1) is 0 Å². The van der Waals surface area contributed by atoms with E-state index in [4.69, 9.17) is 0 Å². The lowest BCUT2D eigenvalue weighted by atomic mass is 10.3. The van der Waals surface area contributed by atoms with Gasteiger partial charge in [0.1, 0.15) is 12.4 Å². The highest BCUT2D eigenvalue weighted by molar-refractivity contribution is 6.50. The van der Waals surface area contributed by atoms with Crippen LogP contribution in [-0.2, 0) is 7.05 Å². The smallest absolute Gasteiger partial charge is 0.418 e. The molecule has 1 aromatic heterocycles. The molecule has 0 radical (unpaired) electrons. The Kier molecular flexibility index (Phi) is 5.11. The summed E-state index contributed by atoms with van der Waals surface area (Å²) in [5.74, 6) is 0. The first-order valence-electron chi connectivity index (χ1n) is 4.23. The van der Waals surface area contributed by atoms with Crippen molar-refractivity contribution in [3.63, 3.8) is 0 Å². The minimum atomic E-state index is -6.00. The van der Waals surface area contributed by atoms with Gasteiger partial charge in [0.05, 0.1) is 13.2 Å². The largest absolute Gasteiger partial charge is 0.673 e. The summed E-state index contributed by atoms with van der Waals surface area (Å²) in [6.07, 6.45) is 8.14. The molecule has 0 aromatic carbocycles. The number of allylic oxidation sites excluding steroid dienone is 1. The Balaban J connectivity index is 0.000000336. The molecule has 0 aliphatic rings. The Labute approximate surface area is 85.9 Å². The topological polar surface area (TPSA) is 8.81 Å². The van der Waals surface area contributed by atoms with Gasteiger partial charge in [0.15, 0.2) is 0 Å². The van der Waals surface area contributed by atoms with Crippen molar-refractivity contribution < 1.29 is 21.8 Å². The van der Waals surface area contributed by atoms with Crippen molar-refractivity contribution in [2.45, 2.75) is 13.8 Å². The van der Waals surface area contributed by atoms with E-state index in [0.29, 0.717) is 0 Å². The minimum Gasteiger partial charge on any atom is -0.418 e. The first-order valence-corrected chi connectivity index (χ1v) is 4.23. The molecule has 1 rings (SSSR count). The molecule has 0 aliphatic carbocycles. The number of hydrogen-bond acceptors (Lipinski definition) is 0. The molecular formula is C8H13BF4N2. The zero-order valence-corrected chi connectivity index (χ0v) is 8.79. The van der Waals surface area contributed by atoms with Gasteiger partial charge in [0, 0.05) is 0 Å². The molecule has 15 heavy (non-hydrogen) atoms. The highest BCUT2D eigenvalue weighted by Crippen LogP contribution is 2.06. The second kappa shape index (κ2) is 5.58. The van der Waals surface area contributed by atoms with Gasteiger partial charge in [-0.05, 0) is 19.4 Å². The molecule has 86 valence electrons. The summed E-state index contributed by atoms with van der Waals surface area (Å²) in [5, 5.41) is 0. The first kappa shape index (κ1) is 13.7. The van der Waals surface area contributed by atoms with Gasteiger partial charge < -0.3 is 17.3 Å². The van der Waals surface area contributed by atoms with Crippen LogP contribution in [0.2, 0.25) is 0 Å². The Morgan fingerprint density at radius 3 is 2.00 bits per heavy atom.